The first-order valence-electron chi connectivity index (χ1n) is 12.3. The molecule has 1 saturated heterocycles. The van der Waals surface area contributed by atoms with Crippen LogP contribution in [0.5, 0.6) is 5.75 Å². The lowest BCUT2D eigenvalue weighted by atomic mass is 9.88. The molecule has 5 rings (SSSR count). The highest BCUT2D eigenvalue weighted by molar-refractivity contribution is 5.92. The van der Waals surface area contributed by atoms with Gasteiger partial charge in [0.15, 0.2) is 17.7 Å². The van der Waals surface area contributed by atoms with Gasteiger partial charge in [-0.1, -0.05) is 19.9 Å². The number of aromatic amines is 1. The summed E-state index contributed by atoms with van der Waals surface area (Å²) in [5.74, 6) is 1.42. The first-order valence-corrected chi connectivity index (χ1v) is 12.3. The average molecular weight is 475 g/mol. The number of likely N-dealkylation sites (N-methyl/N-ethyl adjacent to an activating group) is 1. The summed E-state index contributed by atoms with van der Waals surface area (Å²) in [5.41, 5.74) is 6.55. The highest BCUT2D eigenvalue weighted by Crippen LogP contribution is 2.39. The topological polar surface area (TPSA) is 78.8 Å². The van der Waals surface area contributed by atoms with E-state index < -0.39 is 0 Å². The molecule has 1 N–H and O–H groups in total. The number of ether oxygens (including phenoxy) is 1. The number of aldehydes is 1. The van der Waals surface area contributed by atoms with E-state index in [0.717, 1.165) is 49.0 Å². The fourth-order valence-electron chi connectivity index (χ4n) is 5.55. The predicted octanol–water partition coefficient (Wildman–Crippen LogP) is 4.28. The van der Waals surface area contributed by atoms with E-state index in [-0.39, 0.29) is 6.17 Å². The number of carbonyl (C=O) groups excluding carboxylic acids is 1. The second kappa shape index (κ2) is 9.43. The maximum absolute atomic E-state index is 11.7. The number of pyridine rings is 1. The van der Waals surface area contributed by atoms with Crippen molar-refractivity contribution in [1.29, 1.82) is 0 Å². The molecule has 4 aromatic rings. The van der Waals surface area contributed by atoms with Gasteiger partial charge in [0.2, 0.25) is 0 Å². The first kappa shape index (κ1) is 23.5. The number of hydrogen-bond acceptors (Lipinski definition) is 6. The van der Waals surface area contributed by atoms with E-state index in [1.165, 1.54) is 16.5 Å². The van der Waals surface area contributed by atoms with Gasteiger partial charge >= 0.3 is 0 Å². The summed E-state index contributed by atoms with van der Waals surface area (Å²) in [5, 5.41) is 5.59. The first-order chi connectivity index (χ1) is 16.9. The lowest BCUT2D eigenvalue weighted by Crippen LogP contribution is -2.49. The number of methoxy groups -OCH3 is 1. The highest BCUT2D eigenvalue weighted by atomic mass is 16.5. The van der Waals surface area contributed by atoms with Crippen LogP contribution >= 0.6 is 0 Å². The molecule has 1 aliphatic heterocycles. The summed E-state index contributed by atoms with van der Waals surface area (Å²) < 4.78 is 7.37. The number of nitrogens with zero attached hydrogens (tertiary/aromatic N) is 5. The van der Waals surface area contributed by atoms with Gasteiger partial charge in [-0.15, -0.1) is 0 Å². The number of piperidine rings is 1. The SMILES string of the molecule is COc1cc(-c2[nH]c3ccc(C4CCCN(C(C=O)N(C)C)C4)cc3c2C(C)C)cn2ncnc12. The van der Waals surface area contributed by atoms with Crippen LogP contribution in [-0.4, -0.2) is 76.1 Å². The van der Waals surface area contributed by atoms with Crippen LogP contribution in [0.3, 0.4) is 0 Å². The lowest BCUT2D eigenvalue weighted by molar-refractivity contribution is -0.118. The monoisotopic (exact) mass is 474 g/mol. The van der Waals surface area contributed by atoms with Gasteiger partial charge in [-0.25, -0.2) is 9.50 Å². The van der Waals surface area contributed by atoms with Crippen LogP contribution in [0.4, 0.5) is 0 Å². The second-order valence-electron chi connectivity index (χ2n) is 10.0. The van der Waals surface area contributed by atoms with Crippen LogP contribution in [-0.2, 0) is 4.79 Å². The summed E-state index contributed by atoms with van der Waals surface area (Å²) in [6, 6.07) is 8.83. The molecule has 0 amide bonds. The van der Waals surface area contributed by atoms with Gasteiger partial charge in [-0.2, -0.15) is 5.10 Å². The van der Waals surface area contributed by atoms with Gasteiger partial charge in [0.25, 0.3) is 0 Å². The van der Waals surface area contributed by atoms with Crippen molar-refractivity contribution in [2.75, 3.05) is 34.3 Å². The van der Waals surface area contributed by atoms with Gasteiger partial charge in [0.1, 0.15) is 12.5 Å². The van der Waals surface area contributed by atoms with Gasteiger partial charge in [-0.05, 0) is 68.1 Å². The lowest BCUT2D eigenvalue weighted by Gasteiger charge is -2.38. The van der Waals surface area contributed by atoms with Gasteiger partial charge < -0.3 is 14.5 Å². The molecule has 0 radical (unpaired) electrons. The Labute approximate surface area is 205 Å². The van der Waals surface area contributed by atoms with Crippen molar-refractivity contribution in [2.45, 2.75) is 44.7 Å². The van der Waals surface area contributed by atoms with Gasteiger partial charge in [0.05, 0.1) is 12.8 Å². The zero-order chi connectivity index (χ0) is 24.7. The third-order valence-electron chi connectivity index (χ3n) is 7.24. The van der Waals surface area contributed by atoms with E-state index in [4.69, 9.17) is 4.74 Å². The Bertz CT molecular complexity index is 1350. The number of nitrogens with one attached hydrogen (secondary N) is 1. The quantitative estimate of drug-likeness (QED) is 0.403. The standard InChI is InChI=1S/C27H34N6O2/c1-17(2)25-21-11-18(19-7-6-10-32(13-19)24(15-34)31(3)4)8-9-22(21)30-26(25)20-12-23(35-5)27-28-16-29-33(27)14-20/h8-9,11-12,14-17,19,24,30H,6-7,10,13H2,1-5H3. The van der Waals surface area contributed by atoms with Crippen molar-refractivity contribution in [3.05, 3.63) is 47.9 Å². The number of hydrogen-bond donors (Lipinski definition) is 1. The second-order valence-corrected chi connectivity index (χ2v) is 10.0. The molecule has 4 heterocycles. The Morgan fingerprint density at radius 1 is 1.26 bits per heavy atom. The minimum Gasteiger partial charge on any atom is -0.493 e. The number of H-pyrrole nitrogens is 1. The fourth-order valence-corrected chi connectivity index (χ4v) is 5.55. The molecule has 3 aromatic heterocycles. The normalized spacial score (nSPS) is 18.1. The van der Waals surface area contributed by atoms with Crippen molar-refractivity contribution >= 4 is 22.8 Å². The number of likely N-dealkylation sites (tertiary alicyclic amines) is 1. The molecule has 8 heteroatoms. The maximum atomic E-state index is 11.7. The molecule has 35 heavy (non-hydrogen) atoms. The largest absolute Gasteiger partial charge is 0.493 e. The summed E-state index contributed by atoms with van der Waals surface area (Å²) in [6.45, 7) is 6.32. The molecule has 184 valence electrons. The molecule has 1 aromatic carbocycles. The summed E-state index contributed by atoms with van der Waals surface area (Å²) in [6.07, 6.45) is 6.65. The van der Waals surface area contributed by atoms with Crippen LogP contribution in [0.15, 0.2) is 36.8 Å². The molecule has 1 aliphatic rings. The zero-order valence-corrected chi connectivity index (χ0v) is 21.2. The number of fused-ring (bicyclic) bond motifs is 2. The molecule has 0 saturated carbocycles. The van der Waals surface area contributed by atoms with Crippen molar-refractivity contribution in [3.63, 3.8) is 0 Å². The fraction of sp³-hybridized carbons (Fsp3) is 0.444. The molecular weight excluding hydrogens is 440 g/mol. The predicted molar refractivity (Wildman–Crippen MR) is 138 cm³/mol. The Morgan fingerprint density at radius 3 is 2.80 bits per heavy atom. The van der Waals surface area contributed by atoms with Crippen LogP contribution in [0.2, 0.25) is 0 Å². The summed E-state index contributed by atoms with van der Waals surface area (Å²) in [4.78, 5) is 24.0. The minimum absolute atomic E-state index is 0.173. The van der Waals surface area contributed by atoms with Crippen LogP contribution in [0.25, 0.3) is 27.8 Å². The Morgan fingerprint density at radius 2 is 2.09 bits per heavy atom. The van der Waals surface area contributed by atoms with E-state index in [1.54, 1.807) is 18.0 Å². The zero-order valence-electron chi connectivity index (χ0n) is 21.2. The van der Waals surface area contributed by atoms with E-state index >= 15 is 0 Å². The molecule has 0 bridgehead atoms. The Hall–Kier alpha value is -3.23. The van der Waals surface area contributed by atoms with Crippen molar-refractivity contribution < 1.29 is 9.53 Å². The third kappa shape index (κ3) is 4.21. The molecule has 1 fully saturated rings. The smallest absolute Gasteiger partial charge is 0.197 e. The van der Waals surface area contributed by atoms with E-state index in [2.05, 4.69) is 52.0 Å². The number of carbonyl (C=O) groups is 1. The van der Waals surface area contributed by atoms with Gasteiger partial charge in [-0.3, -0.25) is 9.80 Å². The summed E-state index contributed by atoms with van der Waals surface area (Å²) in [7, 11) is 5.60. The number of aromatic nitrogens is 4. The molecular formula is C27H34N6O2. The molecule has 0 aliphatic carbocycles. The van der Waals surface area contributed by atoms with E-state index in [0.29, 0.717) is 23.2 Å². The minimum atomic E-state index is -0.173. The van der Waals surface area contributed by atoms with E-state index in [1.807, 2.05) is 31.3 Å². The average Bonchev–Trinajstić information content (AvgIpc) is 3.48. The molecule has 2 atom stereocenters. The molecule has 8 nitrogen and oxygen atoms in total. The van der Waals surface area contributed by atoms with Crippen LogP contribution in [0, 0.1) is 0 Å². The van der Waals surface area contributed by atoms with Crippen molar-refractivity contribution in [1.82, 2.24) is 29.4 Å². The maximum Gasteiger partial charge on any atom is 0.197 e. The van der Waals surface area contributed by atoms with Gasteiger partial charge in [0, 0.05) is 35.8 Å². The molecule has 0 spiro atoms. The highest BCUT2D eigenvalue weighted by Gasteiger charge is 2.28. The molecule has 2 unspecified atom stereocenters. The number of rotatable bonds is 7. The van der Waals surface area contributed by atoms with E-state index in [9.17, 15) is 4.79 Å². The van der Waals surface area contributed by atoms with Crippen molar-refractivity contribution in [2.24, 2.45) is 0 Å². The van der Waals surface area contributed by atoms with Crippen molar-refractivity contribution in [3.8, 4) is 17.0 Å². The Balaban J connectivity index is 1.56. The Kier molecular flexibility index (Phi) is 6.34. The summed E-state index contributed by atoms with van der Waals surface area (Å²) >= 11 is 0. The third-order valence-corrected chi connectivity index (χ3v) is 7.24. The van der Waals surface area contributed by atoms with Crippen LogP contribution in [0.1, 0.15) is 49.7 Å². The number of benzene rings is 1. The van der Waals surface area contributed by atoms with Crippen LogP contribution < -0.4 is 4.74 Å².